The van der Waals surface area contributed by atoms with Gasteiger partial charge in [-0.15, -0.1) is 11.3 Å². The number of aryl methyl sites for hydroxylation is 1. The van der Waals surface area contributed by atoms with E-state index in [-0.39, 0.29) is 18.6 Å². The average Bonchev–Trinajstić information content (AvgIpc) is 3.13. The van der Waals surface area contributed by atoms with Gasteiger partial charge in [0.2, 0.25) is 0 Å². The number of hydrogen-bond donors (Lipinski definition) is 1. The minimum Gasteiger partial charge on any atom is -0.378 e. The van der Waals surface area contributed by atoms with Crippen molar-refractivity contribution in [1.29, 1.82) is 0 Å². The summed E-state index contributed by atoms with van der Waals surface area (Å²) in [6.07, 6.45) is 0.895. The van der Waals surface area contributed by atoms with Crippen LogP contribution < -0.4 is 10.2 Å². The summed E-state index contributed by atoms with van der Waals surface area (Å²) in [5.74, 6) is 0.0223. The van der Waals surface area contributed by atoms with Crippen LogP contribution in [0.15, 0.2) is 29.6 Å². The third-order valence-electron chi connectivity index (χ3n) is 4.18. The Morgan fingerprint density at radius 3 is 2.96 bits per heavy atom. The molecule has 1 aliphatic heterocycles. The average molecular weight is 330 g/mol. The number of nitrogens with zero attached hydrogens (tertiary/aromatic N) is 1. The van der Waals surface area contributed by atoms with Crippen molar-refractivity contribution in [2.24, 2.45) is 0 Å². The van der Waals surface area contributed by atoms with Gasteiger partial charge < -0.3 is 15.0 Å². The van der Waals surface area contributed by atoms with Gasteiger partial charge in [-0.25, -0.2) is 0 Å². The molecule has 3 rings (SSSR count). The van der Waals surface area contributed by atoms with E-state index in [0.29, 0.717) is 0 Å². The Hall–Kier alpha value is -1.85. The summed E-state index contributed by atoms with van der Waals surface area (Å²) < 4.78 is 4.96. The molecule has 1 atom stereocenters. The molecule has 122 valence electrons. The van der Waals surface area contributed by atoms with Gasteiger partial charge in [-0.05, 0) is 61.0 Å². The van der Waals surface area contributed by atoms with Gasteiger partial charge in [-0.1, -0.05) is 0 Å². The van der Waals surface area contributed by atoms with Crippen LogP contribution in [0.2, 0.25) is 0 Å². The number of amides is 1. The van der Waals surface area contributed by atoms with Crippen molar-refractivity contribution in [3.05, 3.63) is 45.6 Å². The van der Waals surface area contributed by atoms with E-state index in [0.717, 1.165) is 24.3 Å². The molecular weight excluding hydrogens is 308 g/mol. The largest absolute Gasteiger partial charge is 0.378 e. The summed E-state index contributed by atoms with van der Waals surface area (Å²) in [7, 11) is 1.55. The molecule has 0 aliphatic carbocycles. The van der Waals surface area contributed by atoms with E-state index in [1.54, 1.807) is 18.4 Å². The van der Waals surface area contributed by atoms with E-state index in [1.165, 1.54) is 16.0 Å². The van der Waals surface area contributed by atoms with E-state index in [2.05, 4.69) is 36.7 Å². The standard InChI is InChI=1S/C18H22N2O2S/c1-12-8-15(11-23-12)13(2)19-16-4-5-17-14(9-16)6-7-20(17)18(21)10-22-3/h4-5,8-9,11,13,19H,6-7,10H2,1-3H3. The van der Waals surface area contributed by atoms with Crippen LogP contribution in [0.25, 0.3) is 0 Å². The second-order valence-corrected chi connectivity index (χ2v) is 7.04. The fourth-order valence-corrected chi connectivity index (χ4v) is 3.77. The lowest BCUT2D eigenvalue weighted by Gasteiger charge is -2.18. The predicted octanol–water partition coefficient (Wildman–Crippen LogP) is 3.77. The lowest BCUT2D eigenvalue weighted by Crippen LogP contribution is -2.31. The molecule has 1 aliphatic rings. The highest BCUT2D eigenvalue weighted by Gasteiger charge is 2.24. The second-order valence-electron chi connectivity index (χ2n) is 5.93. The van der Waals surface area contributed by atoms with Crippen molar-refractivity contribution in [2.75, 3.05) is 30.5 Å². The molecule has 0 bridgehead atoms. The number of fused-ring (bicyclic) bond motifs is 1. The van der Waals surface area contributed by atoms with Crippen LogP contribution in [0, 0.1) is 6.92 Å². The smallest absolute Gasteiger partial charge is 0.252 e. The highest BCUT2D eigenvalue weighted by molar-refractivity contribution is 7.10. The first-order valence-corrected chi connectivity index (χ1v) is 8.70. The maximum atomic E-state index is 12.0. The van der Waals surface area contributed by atoms with Crippen LogP contribution >= 0.6 is 11.3 Å². The van der Waals surface area contributed by atoms with Gasteiger partial charge in [0.25, 0.3) is 5.91 Å². The fraction of sp³-hybridized carbons (Fsp3) is 0.389. The lowest BCUT2D eigenvalue weighted by molar-refractivity contribution is -0.122. The number of anilines is 2. The molecule has 0 spiro atoms. The van der Waals surface area contributed by atoms with Crippen molar-refractivity contribution in [3.63, 3.8) is 0 Å². The van der Waals surface area contributed by atoms with E-state index in [4.69, 9.17) is 4.74 Å². The summed E-state index contributed by atoms with van der Waals surface area (Å²) in [5.41, 5.74) is 4.64. The number of hydrogen-bond acceptors (Lipinski definition) is 4. The Kier molecular flexibility index (Phi) is 4.68. The number of ether oxygens (including phenoxy) is 1. The Bertz CT molecular complexity index is 711. The minimum atomic E-state index is 0.0223. The zero-order valence-corrected chi connectivity index (χ0v) is 14.6. The number of carbonyl (C=O) groups is 1. The van der Waals surface area contributed by atoms with Gasteiger partial charge in [-0.3, -0.25) is 4.79 Å². The van der Waals surface area contributed by atoms with Gasteiger partial charge in [0.15, 0.2) is 0 Å². The number of nitrogens with one attached hydrogen (secondary N) is 1. The Morgan fingerprint density at radius 1 is 1.43 bits per heavy atom. The highest BCUT2D eigenvalue weighted by Crippen LogP contribution is 2.32. The van der Waals surface area contributed by atoms with Crippen molar-refractivity contribution < 1.29 is 9.53 Å². The van der Waals surface area contributed by atoms with E-state index in [1.807, 2.05) is 17.0 Å². The fourth-order valence-electron chi connectivity index (χ4n) is 2.98. The summed E-state index contributed by atoms with van der Waals surface area (Å²) >= 11 is 1.78. The third-order valence-corrected chi connectivity index (χ3v) is 5.06. The van der Waals surface area contributed by atoms with Crippen LogP contribution in [0.1, 0.15) is 29.0 Å². The van der Waals surface area contributed by atoms with Gasteiger partial charge >= 0.3 is 0 Å². The van der Waals surface area contributed by atoms with E-state index < -0.39 is 0 Å². The highest BCUT2D eigenvalue weighted by atomic mass is 32.1. The number of carbonyl (C=O) groups excluding carboxylic acids is 1. The van der Waals surface area contributed by atoms with E-state index in [9.17, 15) is 4.79 Å². The normalized spacial score (nSPS) is 14.7. The van der Waals surface area contributed by atoms with Gasteiger partial charge in [-0.2, -0.15) is 0 Å². The van der Waals surface area contributed by atoms with Crippen molar-refractivity contribution >= 4 is 28.6 Å². The molecular formula is C18H22N2O2S. The van der Waals surface area contributed by atoms with Crippen molar-refractivity contribution in [2.45, 2.75) is 26.3 Å². The van der Waals surface area contributed by atoms with Gasteiger partial charge in [0, 0.05) is 35.9 Å². The first-order chi connectivity index (χ1) is 11.1. The van der Waals surface area contributed by atoms with Gasteiger partial charge in [0.05, 0.1) is 0 Å². The number of rotatable bonds is 5. The summed E-state index contributed by atoms with van der Waals surface area (Å²) in [6, 6.07) is 8.73. The zero-order valence-electron chi connectivity index (χ0n) is 13.8. The molecule has 23 heavy (non-hydrogen) atoms. The summed E-state index contributed by atoms with van der Waals surface area (Å²) in [4.78, 5) is 15.2. The topological polar surface area (TPSA) is 41.6 Å². The molecule has 5 heteroatoms. The van der Waals surface area contributed by atoms with Crippen molar-refractivity contribution in [1.82, 2.24) is 0 Å². The van der Waals surface area contributed by atoms with Crippen LogP contribution in [0.3, 0.4) is 0 Å². The van der Waals surface area contributed by atoms with Gasteiger partial charge in [0.1, 0.15) is 6.61 Å². The van der Waals surface area contributed by atoms with Crippen LogP contribution in [-0.4, -0.2) is 26.2 Å². The second kappa shape index (κ2) is 6.72. The SMILES string of the molecule is COCC(=O)N1CCc2cc(NC(C)c3csc(C)c3)ccc21. The van der Waals surface area contributed by atoms with Crippen LogP contribution in [-0.2, 0) is 16.0 Å². The van der Waals surface area contributed by atoms with E-state index >= 15 is 0 Å². The molecule has 4 nitrogen and oxygen atoms in total. The lowest BCUT2D eigenvalue weighted by atomic mass is 10.1. The van der Waals surface area contributed by atoms with Crippen LogP contribution in [0.4, 0.5) is 11.4 Å². The quantitative estimate of drug-likeness (QED) is 0.907. The molecule has 1 aromatic carbocycles. The third kappa shape index (κ3) is 3.41. The van der Waals surface area contributed by atoms with Crippen LogP contribution in [0.5, 0.6) is 0 Å². The Morgan fingerprint density at radius 2 is 2.26 bits per heavy atom. The molecule has 0 saturated heterocycles. The molecule has 1 aromatic heterocycles. The molecule has 0 radical (unpaired) electrons. The first-order valence-electron chi connectivity index (χ1n) is 7.82. The minimum absolute atomic E-state index is 0.0223. The molecule has 1 amide bonds. The maximum absolute atomic E-state index is 12.0. The molecule has 2 aromatic rings. The number of benzene rings is 1. The van der Waals surface area contributed by atoms with Crippen molar-refractivity contribution in [3.8, 4) is 0 Å². The number of methoxy groups -OCH3 is 1. The Labute approximate surface area is 141 Å². The first kappa shape index (κ1) is 16.0. The number of thiophene rings is 1. The molecule has 0 saturated carbocycles. The predicted molar refractivity (Wildman–Crippen MR) is 95.5 cm³/mol. The Balaban J connectivity index is 1.73. The molecule has 1 N–H and O–H groups in total. The maximum Gasteiger partial charge on any atom is 0.252 e. The zero-order chi connectivity index (χ0) is 16.4. The molecule has 2 heterocycles. The monoisotopic (exact) mass is 330 g/mol. The molecule has 1 unspecified atom stereocenters. The molecule has 0 fully saturated rings. The summed E-state index contributed by atoms with van der Waals surface area (Å²) in [6.45, 7) is 5.17. The summed E-state index contributed by atoms with van der Waals surface area (Å²) in [5, 5.41) is 5.75.